The van der Waals surface area contributed by atoms with Gasteiger partial charge in [0.15, 0.2) is 4.34 Å². The summed E-state index contributed by atoms with van der Waals surface area (Å²) in [5.41, 5.74) is 6.42. The Morgan fingerprint density at radius 1 is 1.43 bits per heavy atom. The molecule has 0 unspecified atom stereocenters. The second kappa shape index (κ2) is 4.54. The Morgan fingerprint density at radius 2 is 2.36 bits per heavy atom. The summed E-state index contributed by atoms with van der Waals surface area (Å²) in [7, 11) is 0. The van der Waals surface area contributed by atoms with Gasteiger partial charge in [0.25, 0.3) is 0 Å². The molecule has 0 aromatic carbocycles. The highest BCUT2D eigenvalue weighted by atomic mass is 32.2. The second-order valence-electron chi connectivity index (χ2n) is 2.57. The van der Waals surface area contributed by atoms with Crippen molar-refractivity contribution in [2.45, 2.75) is 15.9 Å². The second-order valence-corrected chi connectivity index (χ2v) is 4.73. The van der Waals surface area contributed by atoms with Crippen molar-refractivity contribution in [2.75, 3.05) is 0 Å². The third kappa shape index (κ3) is 2.31. The van der Waals surface area contributed by atoms with E-state index in [1.807, 2.05) is 23.6 Å². The monoisotopic (exact) mass is 223 g/mol. The number of pyridine rings is 1. The van der Waals surface area contributed by atoms with Gasteiger partial charge >= 0.3 is 0 Å². The zero-order chi connectivity index (χ0) is 9.80. The van der Waals surface area contributed by atoms with Crippen LogP contribution in [0.3, 0.4) is 0 Å². The Bertz CT molecular complexity index is 400. The predicted octanol–water partition coefficient (Wildman–Crippen LogP) is 2.15. The van der Waals surface area contributed by atoms with Crippen molar-refractivity contribution in [3.63, 3.8) is 0 Å². The molecule has 0 bridgehead atoms. The van der Waals surface area contributed by atoms with Gasteiger partial charge in [-0.25, -0.2) is 9.97 Å². The lowest BCUT2D eigenvalue weighted by Crippen LogP contribution is -1.99. The number of aromatic nitrogens is 2. The van der Waals surface area contributed by atoms with Crippen LogP contribution in [0.25, 0.3) is 0 Å². The first kappa shape index (κ1) is 9.64. The third-order valence-electron chi connectivity index (χ3n) is 1.59. The molecule has 2 heterocycles. The number of thiazole rings is 1. The van der Waals surface area contributed by atoms with E-state index >= 15 is 0 Å². The first-order chi connectivity index (χ1) is 6.88. The highest BCUT2D eigenvalue weighted by Gasteiger charge is 2.01. The molecular formula is C9H9N3S2. The zero-order valence-corrected chi connectivity index (χ0v) is 9.02. The van der Waals surface area contributed by atoms with Gasteiger partial charge in [0, 0.05) is 18.1 Å². The number of hydrogen-bond acceptors (Lipinski definition) is 5. The average Bonchev–Trinajstić information content (AvgIpc) is 2.71. The Kier molecular flexibility index (Phi) is 3.13. The molecule has 2 rings (SSSR count). The Balaban J connectivity index is 2.17. The molecule has 0 saturated heterocycles. The van der Waals surface area contributed by atoms with Gasteiger partial charge in [0.05, 0.1) is 5.69 Å². The van der Waals surface area contributed by atoms with Gasteiger partial charge in [0.2, 0.25) is 0 Å². The summed E-state index contributed by atoms with van der Waals surface area (Å²) < 4.78 is 1.01. The minimum absolute atomic E-state index is 0.478. The van der Waals surface area contributed by atoms with Crippen molar-refractivity contribution in [3.8, 4) is 0 Å². The lowest BCUT2D eigenvalue weighted by atomic mass is 10.4. The summed E-state index contributed by atoms with van der Waals surface area (Å²) >= 11 is 3.18. The van der Waals surface area contributed by atoms with Crippen LogP contribution >= 0.6 is 23.1 Å². The van der Waals surface area contributed by atoms with Crippen LogP contribution in [0.2, 0.25) is 0 Å². The van der Waals surface area contributed by atoms with Crippen LogP contribution in [0.1, 0.15) is 5.69 Å². The van der Waals surface area contributed by atoms with E-state index in [0.717, 1.165) is 15.1 Å². The fourth-order valence-corrected chi connectivity index (χ4v) is 2.56. The molecule has 0 saturated carbocycles. The molecule has 0 aliphatic rings. The van der Waals surface area contributed by atoms with E-state index in [-0.39, 0.29) is 0 Å². The first-order valence-corrected chi connectivity index (χ1v) is 5.81. The minimum Gasteiger partial charge on any atom is -0.325 e. The van der Waals surface area contributed by atoms with Crippen LogP contribution in [0, 0.1) is 0 Å². The molecule has 0 spiro atoms. The van der Waals surface area contributed by atoms with Crippen molar-refractivity contribution in [1.29, 1.82) is 0 Å². The largest absolute Gasteiger partial charge is 0.325 e. The maximum atomic E-state index is 5.51. The van der Waals surface area contributed by atoms with Crippen LogP contribution in [-0.4, -0.2) is 9.97 Å². The molecule has 2 N–H and O–H groups in total. The van der Waals surface area contributed by atoms with Gasteiger partial charge in [-0.2, -0.15) is 0 Å². The lowest BCUT2D eigenvalue weighted by Gasteiger charge is -1.99. The summed E-state index contributed by atoms with van der Waals surface area (Å²) in [4.78, 5) is 8.55. The maximum Gasteiger partial charge on any atom is 0.156 e. The van der Waals surface area contributed by atoms with E-state index in [0.29, 0.717) is 6.54 Å². The Hall–Kier alpha value is -0.910. The van der Waals surface area contributed by atoms with Gasteiger partial charge in [-0.1, -0.05) is 6.07 Å². The molecular weight excluding hydrogens is 214 g/mol. The highest BCUT2D eigenvalue weighted by molar-refractivity contribution is 8.00. The molecule has 0 amide bonds. The normalized spacial score (nSPS) is 10.4. The molecule has 14 heavy (non-hydrogen) atoms. The smallest absolute Gasteiger partial charge is 0.156 e. The molecule has 0 aliphatic heterocycles. The summed E-state index contributed by atoms with van der Waals surface area (Å²) in [6.45, 7) is 0.478. The molecule has 72 valence electrons. The summed E-state index contributed by atoms with van der Waals surface area (Å²) in [5.74, 6) is 0. The molecule has 5 heteroatoms. The molecule has 2 aromatic rings. The predicted molar refractivity (Wildman–Crippen MR) is 58.4 cm³/mol. The zero-order valence-electron chi connectivity index (χ0n) is 7.38. The SMILES string of the molecule is NCc1cccc(Sc2nccs2)n1. The van der Waals surface area contributed by atoms with E-state index in [1.165, 1.54) is 0 Å². The number of nitrogens with zero attached hydrogens (tertiary/aromatic N) is 2. The van der Waals surface area contributed by atoms with Crippen LogP contribution in [0.15, 0.2) is 39.1 Å². The first-order valence-electron chi connectivity index (χ1n) is 4.12. The van der Waals surface area contributed by atoms with E-state index in [2.05, 4.69) is 9.97 Å². The van der Waals surface area contributed by atoms with Crippen LogP contribution in [0.4, 0.5) is 0 Å². The van der Waals surface area contributed by atoms with Gasteiger partial charge in [0.1, 0.15) is 5.03 Å². The van der Waals surface area contributed by atoms with Crippen molar-refractivity contribution >= 4 is 23.1 Å². The Morgan fingerprint density at radius 3 is 3.07 bits per heavy atom. The molecule has 0 aliphatic carbocycles. The molecule has 0 fully saturated rings. The number of rotatable bonds is 3. The molecule has 0 radical (unpaired) electrons. The van der Waals surface area contributed by atoms with Crippen molar-refractivity contribution in [3.05, 3.63) is 35.5 Å². The molecule has 0 atom stereocenters. The summed E-state index contributed by atoms with van der Waals surface area (Å²) in [6.07, 6.45) is 1.79. The summed E-state index contributed by atoms with van der Waals surface area (Å²) in [5, 5.41) is 2.90. The number of hydrogen-bond donors (Lipinski definition) is 1. The fourth-order valence-electron chi connectivity index (χ4n) is 0.978. The van der Waals surface area contributed by atoms with Gasteiger partial charge in [-0.15, -0.1) is 11.3 Å². The quantitative estimate of drug-likeness (QED) is 0.866. The molecule has 2 aromatic heterocycles. The van der Waals surface area contributed by atoms with Gasteiger partial charge in [-0.3, -0.25) is 0 Å². The van der Waals surface area contributed by atoms with E-state index in [1.54, 1.807) is 29.3 Å². The average molecular weight is 223 g/mol. The standard InChI is InChI=1S/C9H9N3S2/c10-6-7-2-1-3-8(12-7)14-9-11-4-5-13-9/h1-5H,6,10H2. The van der Waals surface area contributed by atoms with Crippen molar-refractivity contribution in [1.82, 2.24) is 9.97 Å². The highest BCUT2D eigenvalue weighted by Crippen LogP contribution is 2.27. The van der Waals surface area contributed by atoms with Crippen LogP contribution in [-0.2, 0) is 6.54 Å². The lowest BCUT2D eigenvalue weighted by molar-refractivity contribution is 0.941. The fraction of sp³-hybridized carbons (Fsp3) is 0.111. The van der Waals surface area contributed by atoms with Gasteiger partial charge < -0.3 is 5.73 Å². The van der Waals surface area contributed by atoms with Crippen molar-refractivity contribution in [2.24, 2.45) is 5.73 Å². The van der Waals surface area contributed by atoms with E-state index in [9.17, 15) is 0 Å². The van der Waals surface area contributed by atoms with Crippen molar-refractivity contribution < 1.29 is 0 Å². The Labute approximate surface area is 90.4 Å². The van der Waals surface area contributed by atoms with Crippen LogP contribution in [0.5, 0.6) is 0 Å². The van der Waals surface area contributed by atoms with Crippen LogP contribution < -0.4 is 5.73 Å². The van der Waals surface area contributed by atoms with E-state index in [4.69, 9.17) is 5.73 Å². The minimum atomic E-state index is 0.478. The topological polar surface area (TPSA) is 51.8 Å². The summed E-state index contributed by atoms with van der Waals surface area (Å²) in [6, 6.07) is 5.85. The number of nitrogens with two attached hydrogens (primary N) is 1. The molecule has 3 nitrogen and oxygen atoms in total. The maximum absolute atomic E-state index is 5.51. The third-order valence-corrected chi connectivity index (χ3v) is 3.41. The van der Waals surface area contributed by atoms with E-state index < -0.39 is 0 Å². The van der Waals surface area contributed by atoms with Gasteiger partial charge in [-0.05, 0) is 23.9 Å².